The number of rotatable bonds is 13. The number of hydrogen-bond donors (Lipinski definition) is 4. The van der Waals surface area contributed by atoms with E-state index in [-0.39, 0.29) is 72.4 Å². The van der Waals surface area contributed by atoms with Crippen molar-refractivity contribution in [2.45, 2.75) is 117 Å². The maximum atomic E-state index is 12.0. The maximum Gasteiger partial charge on any atom is 0.391 e. The number of methoxy groups -OCH3 is 3. The first-order chi connectivity index (χ1) is 51.5. The lowest BCUT2D eigenvalue weighted by atomic mass is 9.97. The molecule has 7 heterocycles. The molecule has 4 aromatic carbocycles. The van der Waals surface area contributed by atoms with Gasteiger partial charge in [-0.2, -0.15) is 23.1 Å². The Bertz CT molecular complexity index is 3980. The number of para-hydroxylation sites is 1. The first kappa shape index (κ1) is 96.6. The Hall–Kier alpha value is -8.49. The summed E-state index contributed by atoms with van der Waals surface area (Å²) in [7, 11) is 9.99. The molecule has 0 bridgehead atoms. The first-order valence-corrected chi connectivity index (χ1v) is 39.7. The zero-order valence-corrected chi connectivity index (χ0v) is 69.2. The van der Waals surface area contributed by atoms with E-state index < -0.39 is 28.1 Å². The van der Waals surface area contributed by atoms with Gasteiger partial charge in [0.05, 0.1) is 49.1 Å². The van der Waals surface area contributed by atoms with Crippen molar-refractivity contribution < 1.29 is 69.7 Å². The monoisotopic (exact) mass is 1610 g/mol. The van der Waals surface area contributed by atoms with E-state index in [9.17, 15) is 50.4 Å². The molecule has 0 spiro atoms. The molecule has 4 N–H and O–H groups in total. The number of ether oxygens (including phenoxy) is 3. The molecule has 600 valence electrons. The molecule has 24 nitrogen and oxygen atoms in total. The van der Waals surface area contributed by atoms with Crippen molar-refractivity contribution in [2.75, 3.05) is 130 Å². The molecule has 4 fully saturated rings. The van der Waals surface area contributed by atoms with E-state index in [1.165, 1.54) is 145 Å². The Labute approximate surface area is 659 Å². The number of hydrogen-bond acceptors (Lipinski definition) is 21. The molecule has 32 heteroatoms. The van der Waals surface area contributed by atoms with Gasteiger partial charge in [0.15, 0.2) is 16.7 Å². The quantitative estimate of drug-likeness (QED) is 0.0361. The number of halogens is 5. The van der Waals surface area contributed by atoms with Crippen LogP contribution in [0.15, 0.2) is 126 Å². The number of esters is 1. The highest BCUT2D eigenvalue weighted by molar-refractivity contribution is 7.98. The number of urea groups is 1. The topological polar surface area (TPSA) is 288 Å². The van der Waals surface area contributed by atoms with Gasteiger partial charge in [0.25, 0.3) is 5.91 Å². The molecule has 0 unspecified atom stereocenters. The fraction of sp³-hybridized carbons (Fsp3) is 0.455. The van der Waals surface area contributed by atoms with E-state index in [1.807, 2.05) is 74.7 Å². The third-order valence-corrected chi connectivity index (χ3v) is 18.8. The summed E-state index contributed by atoms with van der Waals surface area (Å²) in [5, 5.41) is 17.7. The van der Waals surface area contributed by atoms with Gasteiger partial charge < -0.3 is 49.4 Å². The van der Waals surface area contributed by atoms with Crippen LogP contribution in [-0.4, -0.2) is 210 Å². The van der Waals surface area contributed by atoms with Gasteiger partial charge in [-0.3, -0.25) is 28.9 Å². The minimum Gasteiger partial charge on any atom is -0.507 e. The van der Waals surface area contributed by atoms with E-state index in [0.29, 0.717) is 51.7 Å². The molecule has 109 heavy (non-hydrogen) atoms. The summed E-state index contributed by atoms with van der Waals surface area (Å²) in [5.41, 5.74) is 6.51. The van der Waals surface area contributed by atoms with Crippen molar-refractivity contribution in [2.24, 2.45) is 5.92 Å². The zero-order valence-electron chi connectivity index (χ0n) is 65.2. The highest BCUT2D eigenvalue weighted by Crippen LogP contribution is 2.34. The van der Waals surface area contributed by atoms with Crippen LogP contribution < -0.4 is 29.7 Å². The lowest BCUT2D eigenvalue weighted by Crippen LogP contribution is -2.36. The number of aromatic nitrogens is 4. The number of carbonyl (C=O) groups excluding carboxylic acids is 6. The summed E-state index contributed by atoms with van der Waals surface area (Å²) in [5.74, 6) is -1.46. The number of sulfonamides is 1. The number of benzene rings is 4. The Morgan fingerprint density at radius 1 is 0.716 bits per heavy atom. The van der Waals surface area contributed by atoms with Crippen LogP contribution >= 0.6 is 46.3 Å². The second-order valence-corrected chi connectivity index (χ2v) is 29.5. The van der Waals surface area contributed by atoms with Crippen molar-refractivity contribution in [3.63, 3.8) is 0 Å². The molecule has 4 aliphatic heterocycles. The second kappa shape index (κ2) is 51.8. The average Bonchev–Trinajstić information content (AvgIpc) is 1.67. The van der Waals surface area contributed by atoms with Crippen LogP contribution in [0.25, 0.3) is 0 Å². The van der Waals surface area contributed by atoms with Crippen LogP contribution in [0.2, 0.25) is 10.0 Å². The third-order valence-electron chi connectivity index (χ3n) is 16.0. The van der Waals surface area contributed by atoms with Crippen LogP contribution in [0.5, 0.6) is 17.6 Å². The van der Waals surface area contributed by atoms with Gasteiger partial charge in [0.2, 0.25) is 27.7 Å². The van der Waals surface area contributed by atoms with Crippen LogP contribution in [0.4, 0.5) is 35.2 Å². The van der Waals surface area contributed by atoms with E-state index in [2.05, 4.69) is 101 Å². The van der Waals surface area contributed by atoms with Gasteiger partial charge in [-0.05, 0) is 222 Å². The number of Topliss-reactive ketones (excluding diaryl/α,β-unsaturated/α-hetero) is 1. The molecule has 0 aliphatic carbocycles. The van der Waals surface area contributed by atoms with Crippen molar-refractivity contribution in [1.29, 1.82) is 0 Å². The number of piperidine rings is 2. The van der Waals surface area contributed by atoms with Crippen LogP contribution in [-0.2, 0) is 42.0 Å². The summed E-state index contributed by atoms with van der Waals surface area (Å²) in [6.45, 7) is 17.6. The summed E-state index contributed by atoms with van der Waals surface area (Å²) in [4.78, 5) is 92.7. The number of alkyl halides is 3. The number of likely N-dealkylation sites (N-methyl/N-ethyl adjacent to an activating group) is 1. The zero-order chi connectivity index (χ0) is 81.8. The molecule has 4 saturated heterocycles. The number of likely N-dealkylation sites (tertiary alicyclic amines) is 3. The third kappa shape index (κ3) is 40.7. The van der Waals surface area contributed by atoms with Crippen LogP contribution in [0.1, 0.15) is 120 Å². The predicted octanol–water partition coefficient (Wildman–Crippen LogP) is 14.8. The summed E-state index contributed by atoms with van der Waals surface area (Å²) in [6.07, 6.45) is 9.27. The van der Waals surface area contributed by atoms with Crippen molar-refractivity contribution >= 4 is 109 Å². The molecule has 7 aromatic rings. The maximum absolute atomic E-state index is 12.0. The fourth-order valence-electron chi connectivity index (χ4n) is 9.68. The largest absolute Gasteiger partial charge is 0.507 e. The number of aromatic hydroxyl groups is 1. The van der Waals surface area contributed by atoms with Gasteiger partial charge in [-0.25, -0.2) is 28.0 Å². The highest BCUT2D eigenvalue weighted by Gasteiger charge is 2.40. The summed E-state index contributed by atoms with van der Waals surface area (Å²) < 4.78 is 74.4. The average molecular weight is 1620 g/mol. The van der Waals surface area contributed by atoms with Crippen molar-refractivity contribution in [1.82, 2.24) is 44.9 Å². The fourth-order valence-corrected chi connectivity index (χ4v) is 11.6. The van der Waals surface area contributed by atoms with Crippen molar-refractivity contribution in [3.8, 4) is 17.6 Å². The predicted molar refractivity (Wildman–Crippen MR) is 431 cm³/mol. The lowest BCUT2D eigenvalue weighted by Gasteiger charge is -2.30. The number of carbonyl (C=O) groups is 6. The first-order valence-electron chi connectivity index (χ1n) is 35.0. The van der Waals surface area contributed by atoms with Gasteiger partial charge in [-0.1, -0.05) is 103 Å². The number of thioether (sulfide) groups is 1. The smallest absolute Gasteiger partial charge is 0.391 e. The molecule has 5 amide bonds. The molecule has 0 radical (unpaired) electrons. The normalized spacial score (nSPS) is 14.0. The number of amides is 5. The van der Waals surface area contributed by atoms with Crippen LogP contribution in [0, 0.1) is 26.7 Å². The van der Waals surface area contributed by atoms with Gasteiger partial charge in [-0.15, -0.1) is 11.3 Å². The Kier molecular flexibility index (Phi) is 45.9. The number of imide groups is 1. The van der Waals surface area contributed by atoms with Crippen LogP contribution in [0.3, 0.4) is 0 Å². The van der Waals surface area contributed by atoms with E-state index in [4.69, 9.17) is 37.8 Å². The SMILES string of the molecule is CC(=O)CCc1cccs1.CC(=O)Nc1ccc(Cl)c(Cl)c1.CCc1ccccc1.CN1CCC(C(F)(F)F)CC1.CN1CCCC1.CN1CCCCC1.CNC(=O)c1ccccc1O.COC(=O)c1cc(C)nc(SC)n1.COc1cc(NS(C)(=O)=O)nc(OC)n1.Cc1ccc(N2CC(=O)N(C)C2=O)cc1C. The molecule has 4 aliphatic rings. The number of phenolic OH excluding ortho intramolecular Hbond substituents is 1. The number of phenols is 1. The number of nitrogens with zero attached hydrogens (tertiary/aromatic N) is 9. The standard InChI is InChI=1S/C12H14N2O2.C8H7Cl2NO.C8H10N2O2S.C8H9NO2.C8H10OS.C8H10.C7H12F3N.C7H11N3O4S.C6H13N.C5H11N/c1-8-4-5-10(6-9(8)2)14-7-11(15)13(3)12(14)16;1-5(12)11-6-2-3-7(9)8(10)4-6;1-5-4-6(7(11)12-2)10-8(9-5)13-3;1-9-8(11)6-4-2-3-5-7(6)10;1-7(9)4-5-8-3-2-6-10-8;1-2-8-6-4-3-5-7-8;1-11-4-2-6(3-5-11)7(8,9)10;1-13-6-4-5(10-15(3,11)12)8-7(9-6)14-2;1-7-5-3-2-4-6-7;1-6-4-2-3-5-6/h4-6H,7H2,1-3H3;2-4H,1H3,(H,11,12);4H,1-3H3;2-5,10H,1H3,(H,9,11);2-3,6H,4-5H2,1H3;3-7H,2H2,1H3;6H,2-5H2,1H3;4H,1-3H3,(H,8,9,10);2-6H2,1H3;2-5H2,1H3. The van der Waals surface area contributed by atoms with Gasteiger partial charge >= 0.3 is 24.2 Å². The molecule has 3 aromatic heterocycles. The molecule has 0 saturated carbocycles. The Balaban J connectivity index is 0.000000415. The van der Waals surface area contributed by atoms with Gasteiger partial charge in [0.1, 0.15) is 18.1 Å². The second-order valence-electron chi connectivity index (χ2n) is 25.1. The number of ketones is 1. The minimum atomic E-state index is -3.97. The van der Waals surface area contributed by atoms with E-state index in [0.717, 1.165) is 40.9 Å². The Morgan fingerprint density at radius 2 is 1.31 bits per heavy atom. The number of anilines is 3. The van der Waals surface area contributed by atoms with Crippen molar-refractivity contribution in [3.05, 3.63) is 169 Å². The number of aryl methyl sites for hydroxylation is 5. The Morgan fingerprint density at radius 3 is 1.75 bits per heavy atom. The molecule has 0 atom stereocenters. The molecular weight excluding hydrogens is 1510 g/mol. The summed E-state index contributed by atoms with van der Waals surface area (Å²) >= 11 is 14.5. The lowest BCUT2D eigenvalue weighted by molar-refractivity contribution is -0.184. The van der Waals surface area contributed by atoms with E-state index >= 15 is 0 Å². The number of thiophene rings is 1. The van der Waals surface area contributed by atoms with Gasteiger partial charge in [0, 0.05) is 55.5 Å². The highest BCUT2D eigenvalue weighted by atomic mass is 35.5. The molecule has 11 rings (SSSR count). The molecular formula is C77H107Cl2F3N12O12S3. The van der Waals surface area contributed by atoms with E-state index in [1.54, 1.807) is 60.7 Å². The summed E-state index contributed by atoms with van der Waals surface area (Å²) in [6, 6.07) is 34.3. The minimum absolute atomic E-state index is 0.00634. The number of nitrogens with one attached hydrogen (secondary N) is 3.